The fourth-order valence-corrected chi connectivity index (χ4v) is 3.86. The molecule has 21 heavy (non-hydrogen) atoms. The largest absolute Gasteiger partial charge is 0.465 e. The lowest BCUT2D eigenvalue weighted by atomic mass is 10.00. The van der Waals surface area contributed by atoms with Crippen LogP contribution in [-0.2, 0) is 11.2 Å². The summed E-state index contributed by atoms with van der Waals surface area (Å²) in [4.78, 5) is 15.3. The van der Waals surface area contributed by atoms with E-state index in [-0.39, 0.29) is 5.97 Å². The minimum Gasteiger partial charge on any atom is -0.465 e. The highest BCUT2D eigenvalue weighted by Crippen LogP contribution is 2.38. The molecule has 2 heterocycles. The third-order valence-corrected chi connectivity index (χ3v) is 5.03. The predicted octanol–water partition coefficient (Wildman–Crippen LogP) is 3.24. The molecule has 3 rings (SSSR count). The standard InChI is InChI=1S/C16H18N2O2S/c1-10-12-6-8-21-15(12)5-7-18(10)14-4-3-11(9-13(14)17)16(19)20-2/h3-4,6,8-10H,5,7,17H2,1-2H3. The monoisotopic (exact) mass is 302 g/mol. The number of nitrogens with two attached hydrogens (primary N) is 1. The molecule has 5 heteroatoms. The number of carbonyl (C=O) groups excluding carboxylic acids is 1. The summed E-state index contributed by atoms with van der Waals surface area (Å²) in [5, 5.41) is 2.15. The van der Waals surface area contributed by atoms with Crippen molar-refractivity contribution in [3.63, 3.8) is 0 Å². The lowest BCUT2D eigenvalue weighted by molar-refractivity contribution is 0.0601. The average molecular weight is 302 g/mol. The number of rotatable bonds is 2. The number of methoxy groups -OCH3 is 1. The number of nitrogens with zero attached hydrogens (tertiary/aromatic N) is 1. The zero-order valence-electron chi connectivity index (χ0n) is 12.1. The molecule has 1 aromatic carbocycles. The van der Waals surface area contributed by atoms with Crippen molar-refractivity contribution in [2.24, 2.45) is 0 Å². The SMILES string of the molecule is COC(=O)c1ccc(N2CCc3sccc3C2C)c(N)c1. The van der Waals surface area contributed by atoms with E-state index >= 15 is 0 Å². The second-order valence-corrected chi connectivity index (χ2v) is 6.18. The first-order valence-corrected chi connectivity index (χ1v) is 7.80. The van der Waals surface area contributed by atoms with Gasteiger partial charge in [-0.3, -0.25) is 0 Å². The van der Waals surface area contributed by atoms with Crippen LogP contribution in [0.5, 0.6) is 0 Å². The lowest BCUT2D eigenvalue weighted by Crippen LogP contribution is -2.33. The Hall–Kier alpha value is -2.01. The van der Waals surface area contributed by atoms with Crippen LogP contribution in [0.25, 0.3) is 0 Å². The predicted molar refractivity (Wildman–Crippen MR) is 86.0 cm³/mol. The van der Waals surface area contributed by atoms with Gasteiger partial charge < -0.3 is 15.4 Å². The van der Waals surface area contributed by atoms with Gasteiger partial charge in [-0.15, -0.1) is 11.3 Å². The average Bonchev–Trinajstić information content (AvgIpc) is 2.97. The van der Waals surface area contributed by atoms with Crippen molar-refractivity contribution in [3.05, 3.63) is 45.6 Å². The highest BCUT2D eigenvalue weighted by atomic mass is 32.1. The number of thiophene rings is 1. The van der Waals surface area contributed by atoms with Crippen molar-refractivity contribution >= 4 is 28.7 Å². The van der Waals surface area contributed by atoms with Crippen molar-refractivity contribution in [3.8, 4) is 0 Å². The van der Waals surface area contributed by atoms with Gasteiger partial charge in [0, 0.05) is 11.4 Å². The number of hydrogen-bond acceptors (Lipinski definition) is 5. The Morgan fingerprint density at radius 3 is 2.95 bits per heavy atom. The highest BCUT2D eigenvalue weighted by molar-refractivity contribution is 7.10. The van der Waals surface area contributed by atoms with Gasteiger partial charge >= 0.3 is 5.97 Å². The first-order chi connectivity index (χ1) is 10.1. The van der Waals surface area contributed by atoms with Crippen LogP contribution < -0.4 is 10.6 Å². The maximum atomic E-state index is 11.6. The zero-order valence-corrected chi connectivity index (χ0v) is 12.9. The Labute approximate surface area is 128 Å². The van der Waals surface area contributed by atoms with Crippen molar-refractivity contribution in [1.29, 1.82) is 0 Å². The fourth-order valence-electron chi connectivity index (χ4n) is 2.90. The molecule has 1 aliphatic rings. The van der Waals surface area contributed by atoms with Gasteiger partial charge in [-0.25, -0.2) is 4.79 Å². The molecular formula is C16H18N2O2S. The molecule has 0 saturated carbocycles. The summed E-state index contributed by atoms with van der Waals surface area (Å²) >= 11 is 1.82. The number of esters is 1. The number of nitrogen functional groups attached to an aromatic ring is 1. The summed E-state index contributed by atoms with van der Waals surface area (Å²) in [6.07, 6.45) is 1.04. The molecule has 0 radical (unpaired) electrons. The Balaban J connectivity index is 1.93. The second-order valence-electron chi connectivity index (χ2n) is 5.18. The van der Waals surface area contributed by atoms with E-state index in [4.69, 9.17) is 10.5 Å². The van der Waals surface area contributed by atoms with Gasteiger partial charge in [-0.2, -0.15) is 0 Å². The molecule has 1 aromatic heterocycles. The molecule has 0 aliphatic carbocycles. The number of benzene rings is 1. The van der Waals surface area contributed by atoms with Gasteiger partial charge in [-0.05, 0) is 48.6 Å². The van der Waals surface area contributed by atoms with Gasteiger partial charge in [-0.1, -0.05) is 0 Å². The molecule has 2 aromatic rings. The summed E-state index contributed by atoms with van der Waals surface area (Å²) in [6, 6.07) is 7.86. The third-order valence-electron chi connectivity index (χ3n) is 4.04. The van der Waals surface area contributed by atoms with Gasteiger partial charge in [0.05, 0.1) is 30.1 Å². The lowest BCUT2D eigenvalue weighted by Gasteiger charge is -2.36. The van der Waals surface area contributed by atoms with Crippen molar-refractivity contribution in [2.75, 3.05) is 24.3 Å². The van der Waals surface area contributed by atoms with E-state index in [1.54, 1.807) is 12.1 Å². The second kappa shape index (κ2) is 5.41. The minimum atomic E-state index is -0.361. The Kier molecular flexibility index (Phi) is 3.59. The van der Waals surface area contributed by atoms with Crippen LogP contribution in [0.15, 0.2) is 29.6 Å². The van der Waals surface area contributed by atoms with Crippen LogP contribution in [0.4, 0.5) is 11.4 Å². The number of anilines is 2. The summed E-state index contributed by atoms with van der Waals surface area (Å²) in [7, 11) is 1.37. The van der Waals surface area contributed by atoms with Crippen molar-refractivity contribution in [2.45, 2.75) is 19.4 Å². The smallest absolute Gasteiger partial charge is 0.337 e. The Morgan fingerprint density at radius 1 is 1.43 bits per heavy atom. The Bertz CT molecular complexity index is 681. The number of hydrogen-bond donors (Lipinski definition) is 1. The fraction of sp³-hybridized carbons (Fsp3) is 0.312. The van der Waals surface area contributed by atoms with Crippen molar-refractivity contribution < 1.29 is 9.53 Å². The first kappa shape index (κ1) is 13.9. The third kappa shape index (κ3) is 2.38. The van der Waals surface area contributed by atoms with Crippen molar-refractivity contribution in [1.82, 2.24) is 0 Å². The molecule has 0 spiro atoms. The molecule has 110 valence electrons. The zero-order chi connectivity index (χ0) is 15.0. The topological polar surface area (TPSA) is 55.6 Å². The van der Waals surface area contributed by atoms with Crippen LogP contribution in [0, 0.1) is 0 Å². The molecule has 2 N–H and O–H groups in total. The molecule has 4 nitrogen and oxygen atoms in total. The summed E-state index contributed by atoms with van der Waals surface area (Å²) in [6.45, 7) is 3.13. The molecule has 0 fully saturated rings. The highest BCUT2D eigenvalue weighted by Gasteiger charge is 2.26. The quantitative estimate of drug-likeness (QED) is 0.683. The van der Waals surface area contributed by atoms with E-state index in [0.717, 1.165) is 18.7 Å². The normalized spacial score (nSPS) is 17.4. The van der Waals surface area contributed by atoms with Crippen LogP contribution in [0.2, 0.25) is 0 Å². The number of ether oxygens (including phenoxy) is 1. The molecule has 0 amide bonds. The van der Waals surface area contributed by atoms with E-state index < -0.39 is 0 Å². The van der Waals surface area contributed by atoms with E-state index in [2.05, 4.69) is 23.3 Å². The number of fused-ring (bicyclic) bond motifs is 1. The molecule has 0 bridgehead atoms. The van der Waals surface area contributed by atoms with Gasteiger partial charge in [0.15, 0.2) is 0 Å². The minimum absolute atomic E-state index is 0.297. The Morgan fingerprint density at radius 2 is 2.24 bits per heavy atom. The van der Waals surface area contributed by atoms with Crippen LogP contribution in [0.3, 0.4) is 0 Å². The maximum absolute atomic E-state index is 11.6. The molecular weight excluding hydrogens is 284 g/mol. The van der Waals surface area contributed by atoms with E-state index in [9.17, 15) is 4.79 Å². The number of carbonyl (C=O) groups is 1. The van der Waals surface area contributed by atoms with E-state index in [1.165, 1.54) is 17.6 Å². The van der Waals surface area contributed by atoms with Gasteiger partial charge in [0.25, 0.3) is 0 Å². The van der Waals surface area contributed by atoms with Crippen LogP contribution in [0.1, 0.15) is 33.8 Å². The van der Waals surface area contributed by atoms with Gasteiger partial charge in [0.1, 0.15) is 0 Å². The van der Waals surface area contributed by atoms with Gasteiger partial charge in [0.2, 0.25) is 0 Å². The summed E-state index contributed by atoms with van der Waals surface area (Å²) in [5.74, 6) is -0.361. The maximum Gasteiger partial charge on any atom is 0.337 e. The first-order valence-electron chi connectivity index (χ1n) is 6.92. The molecule has 0 saturated heterocycles. The van der Waals surface area contributed by atoms with E-state index in [0.29, 0.717) is 17.3 Å². The molecule has 1 atom stereocenters. The molecule has 1 unspecified atom stereocenters. The van der Waals surface area contributed by atoms with E-state index in [1.807, 2.05) is 17.4 Å². The molecule has 1 aliphatic heterocycles. The summed E-state index contributed by atoms with van der Waals surface area (Å²) < 4.78 is 4.73. The summed E-state index contributed by atoms with van der Waals surface area (Å²) in [5.41, 5.74) is 9.61. The van der Waals surface area contributed by atoms with Crippen LogP contribution >= 0.6 is 11.3 Å². The van der Waals surface area contributed by atoms with Crippen LogP contribution in [-0.4, -0.2) is 19.6 Å².